The second-order valence-electron chi connectivity index (χ2n) is 7.23. The van der Waals surface area contributed by atoms with Crippen LogP contribution in [0.3, 0.4) is 0 Å². The summed E-state index contributed by atoms with van der Waals surface area (Å²) < 4.78 is 13.0. The highest BCUT2D eigenvalue weighted by molar-refractivity contribution is 5.94. The molecule has 0 saturated heterocycles. The van der Waals surface area contributed by atoms with Crippen LogP contribution >= 0.6 is 0 Å². The molecule has 0 bridgehead atoms. The van der Waals surface area contributed by atoms with Crippen molar-refractivity contribution in [3.63, 3.8) is 0 Å². The molecule has 3 aromatic rings. The number of ether oxygens (including phenoxy) is 2. The molecule has 0 N–H and O–H groups in total. The molecule has 29 heavy (non-hydrogen) atoms. The molecule has 2 aromatic heterocycles. The zero-order chi connectivity index (χ0) is 20.4. The van der Waals surface area contributed by atoms with Crippen molar-refractivity contribution in [2.45, 2.75) is 13.5 Å². The SMILES string of the molecule is COc1ccc(-c2cn(CC3=CC(C)C(C#N)C=C3)c3ncccc23)cc1OC. The first-order valence-corrected chi connectivity index (χ1v) is 9.59. The predicted molar refractivity (Wildman–Crippen MR) is 114 cm³/mol. The van der Waals surface area contributed by atoms with Gasteiger partial charge in [0, 0.05) is 29.9 Å². The van der Waals surface area contributed by atoms with E-state index in [1.165, 1.54) is 5.57 Å². The van der Waals surface area contributed by atoms with Crippen LogP contribution in [0, 0.1) is 23.2 Å². The summed E-state index contributed by atoms with van der Waals surface area (Å²) in [6.45, 7) is 2.79. The number of pyridine rings is 1. The lowest BCUT2D eigenvalue weighted by Crippen LogP contribution is -2.11. The van der Waals surface area contributed by atoms with Gasteiger partial charge >= 0.3 is 0 Å². The second-order valence-corrected chi connectivity index (χ2v) is 7.23. The summed E-state index contributed by atoms with van der Waals surface area (Å²) in [7, 11) is 3.28. The largest absolute Gasteiger partial charge is 0.493 e. The third-order valence-electron chi connectivity index (χ3n) is 5.39. The van der Waals surface area contributed by atoms with Crippen molar-refractivity contribution in [2.24, 2.45) is 11.8 Å². The lowest BCUT2D eigenvalue weighted by Gasteiger charge is -2.17. The van der Waals surface area contributed by atoms with Gasteiger partial charge < -0.3 is 14.0 Å². The Morgan fingerprint density at radius 3 is 2.72 bits per heavy atom. The van der Waals surface area contributed by atoms with Gasteiger partial charge in [-0.1, -0.05) is 31.2 Å². The molecule has 146 valence electrons. The number of methoxy groups -OCH3 is 2. The average molecular weight is 385 g/mol. The molecular weight excluding hydrogens is 362 g/mol. The number of hydrogen-bond donors (Lipinski definition) is 0. The Kier molecular flexibility index (Phi) is 5.09. The summed E-state index contributed by atoms with van der Waals surface area (Å²) in [6, 6.07) is 12.3. The Labute approximate surface area is 170 Å². The van der Waals surface area contributed by atoms with E-state index in [9.17, 15) is 5.26 Å². The number of benzene rings is 1. The number of allylic oxidation sites excluding steroid dienone is 4. The van der Waals surface area contributed by atoms with Crippen molar-refractivity contribution in [2.75, 3.05) is 14.2 Å². The monoisotopic (exact) mass is 385 g/mol. The van der Waals surface area contributed by atoms with Crippen LogP contribution in [0.4, 0.5) is 0 Å². The third kappa shape index (κ3) is 3.50. The molecule has 0 saturated carbocycles. The maximum Gasteiger partial charge on any atom is 0.161 e. The normalized spacial score (nSPS) is 18.3. The standard InChI is InChI=1S/C24H23N3O2/c1-16-11-17(6-7-19(16)13-25)14-27-15-21(20-5-4-10-26-24(20)27)18-8-9-22(28-2)23(12-18)29-3/h4-12,15-16,19H,14H2,1-3H3. The third-order valence-corrected chi connectivity index (χ3v) is 5.39. The first-order chi connectivity index (χ1) is 14.1. The number of aromatic nitrogens is 2. The molecule has 5 nitrogen and oxygen atoms in total. The molecule has 2 heterocycles. The van der Waals surface area contributed by atoms with Crippen molar-refractivity contribution in [3.05, 3.63) is 66.5 Å². The van der Waals surface area contributed by atoms with Crippen molar-refractivity contribution in [1.82, 2.24) is 9.55 Å². The van der Waals surface area contributed by atoms with E-state index in [1.807, 2.05) is 36.5 Å². The van der Waals surface area contributed by atoms with E-state index in [1.54, 1.807) is 14.2 Å². The summed E-state index contributed by atoms with van der Waals surface area (Å²) in [5, 5.41) is 10.3. The highest BCUT2D eigenvalue weighted by atomic mass is 16.5. The fraction of sp³-hybridized carbons (Fsp3) is 0.250. The van der Waals surface area contributed by atoms with Gasteiger partial charge in [0.1, 0.15) is 5.65 Å². The van der Waals surface area contributed by atoms with Crippen LogP contribution in [-0.2, 0) is 6.54 Å². The Hall–Kier alpha value is -3.52. The van der Waals surface area contributed by atoms with Gasteiger partial charge in [-0.05, 0) is 41.3 Å². The maximum absolute atomic E-state index is 9.22. The highest BCUT2D eigenvalue weighted by Crippen LogP contribution is 2.36. The first-order valence-electron chi connectivity index (χ1n) is 9.59. The van der Waals surface area contributed by atoms with Crippen LogP contribution < -0.4 is 9.47 Å². The quantitative estimate of drug-likeness (QED) is 0.621. The molecule has 4 rings (SSSR count). The summed E-state index contributed by atoms with van der Waals surface area (Å²) in [5.74, 6) is 1.56. The number of nitrogens with zero attached hydrogens (tertiary/aromatic N) is 3. The Balaban J connectivity index is 1.75. The van der Waals surface area contributed by atoms with Crippen LogP contribution in [0.5, 0.6) is 11.5 Å². The molecule has 2 atom stereocenters. The topological polar surface area (TPSA) is 60.1 Å². The molecule has 0 radical (unpaired) electrons. The van der Waals surface area contributed by atoms with Gasteiger partial charge in [-0.3, -0.25) is 0 Å². The second kappa shape index (κ2) is 7.84. The Bertz CT molecular complexity index is 1150. The van der Waals surface area contributed by atoms with Gasteiger partial charge in [0.05, 0.1) is 26.2 Å². The smallest absolute Gasteiger partial charge is 0.161 e. The summed E-state index contributed by atoms with van der Waals surface area (Å²) in [4.78, 5) is 4.62. The lowest BCUT2D eigenvalue weighted by molar-refractivity contribution is 0.355. The number of fused-ring (bicyclic) bond motifs is 1. The molecule has 0 fully saturated rings. The van der Waals surface area contributed by atoms with E-state index >= 15 is 0 Å². The van der Waals surface area contributed by atoms with E-state index in [4.69, 9.17) is 9.47 Å². The van der Waals surface area contributed by atoms with E-state index in [0.29, 0.717) is 18.0 Å². The zero-order valence-corrected chi connectivity index (χ0v) is 16.8. The van der Waals surface area contributed by atoms with E-state index in [2.05, 4.69) is 47.0 Å². The van der Waals surface area contributed by atoms with Crippen LogP contribution in [0.25, 0.3) is 22.2 Å². The van der Waals surface area contributed by atoms with Crippen LogP contribution in [0.1, 0.15) is 6.92 Å². The van der Waals surface area contributed by atoms with Crippen LogP contribution in [-0.4, -0.2) is 23.8 Å². The molecule has 1 aromatic carbocycles. The fourth-order valence-electron chi connectivity index (χ4n) is 3.84. The molecule has 2 unspecified atom stereocenters. The Morgan fingerprint density at radius 2 is 2.00 bits per heavy atom. The van der Waals surface area contributed by atoms with Crippen molar-refractivity contribution >= 4 is 11.0 Å². The number of nitriles is 1. The van der Waals surface area contributed by atoms with Crippen molar-refractivity contribution in [3.8, 4) is 28.7 Å². The van der Waals surface area contributed by atoms with Gasteiger partial charge in [0.2, 0.25) is 0 Å². The summed E-state index contributed by atoms with van der Waals surface area (Å²) >= 11 is 0. The van der Waals surface area contributed by atoms with E-state index < -0.39 is 0 Å². The summed E-state index contributed by atoms with van der Waals surface area (Å²) in [6.07, 6.45) is 10.2. The minimum Gasteiger partial charge on any atom is -0.493 e. The molecule has 5 heteroatoms. The molecule has 0 aliphatic heterocycles. The van der Waals surface area contributed by atoms with E-state index in [-0.39, 0.29) is 11.8 Å². The molecule has 0 amide bonds. The van der Waals surface area contributed by atoms with Gasteiger partial charge in [-0.2, -0.15) is 5.26 Å². The first kappa shape index (κ1) is 18.8. The summed E-state index contributed by atoms with van der Waals surface area (Å²) in [5.41, 5.74) is 4.26. The highest BCUT2D eigenvalue weighted by Gasteiger charge is 2.18. The molecule has 1 aliphatic carbocycles. The van der Waals surface area contributed by atoms with Crippen LogP contribution in [0.15, 0.2) is 66.5 Å². The fourth-order valence-corrected chi connectivity index (χ4v) is 3.84. The lowest BCUT2D eigenvalue weighted by atomic mass is 9.88. The van der Waals surface area contributed by atoms with Gasteiger partial charge in [-0.25, -0.2) is 4.98 Å². The molecule has 0 spiro atoms. The minimum atomic E-state index is -0.0550. The Morgan fingerprint density at radius 1 is 1.17 bits per heavy atom. The minimum absolute atomic E-state index is 0.0550. The average Bonchev–Trinajstić information content (AvgIpc) is 3.12. The number of rotatable bonds is 5. The van der Waals surface area contributed by atoms with Crippen molar-refractivity contribution < 1.29 is 9.47 Å². The number of hydrogen-bond acceptors (Lipinski definition) is 4. The zero-order valence-electron chi connectivity index (χ0n) is 16.8. The molecule has 1 aliphatic rings. The van der Waals surface area contributed by atoms with Crippen LogP contribution in [0.2, 0.25) is 0 Å². The van der Waals surface area contributed by atoms with Gasteiger partial charge in [-0.15, -0.1) is 0 Å². The maximum atomic E-state index is 9.22. The van der Waals surface area contributed by atoms with Gasteiger partial charge in [0.25, 0.3) is 0 Å². The van der Waals surface area contributed by atoms with E-state index in [0.717, 1.165) is 22.2 Å². The van der Waals surface area contributed by atoms with Crippen molar-refractivity contribution in [1.29, 1.82) is 5.26 Å². The molecular formula is C24H23N3O2. The van der Waals surface area contributed by atoms with Gasteiger partial charge in [0.15, 0.2) is 11.5 Å². The predicted octanol–water partition coefficient (Wildman–Crippen LogP) is 4.99.